The average Bonchev–Trinajstić information content (AvgIpc) is 2.99. The lowest BCUT2D eigenvalue weighted by atomic mass is 10.3. The van der Waals surface area contributed by atoms with E-state index in [4.69, 9.17) is 11.6 Å². The van der Waals surface area contributed by atoms with E-state index in [1.165, 1.54) is 11.8 Å². The summed E-state index contributed by atoms with van der Waals surface area (Å²) in [6.07, 6.45) is 0. The first-order valence-corrected chi connectivity index (χ1v) is 7.96. The lowest BCUT2D eigenvalue weighted by molar-refractivity contribution is -0.113. The third-order valence-electron chi connectivity index (χ3n) is 3.03. The van der Waals surface area contributed by atoms with Gasteiger partial charge in [0.2, 0.25) is 5.91 Å². The summed E-state index contributed by atoms with van der Waals surface area (Å²) in [4.78, 5) is 19.5. The highest BCUT2D eigenvalue weighted by molar-refractivity contribution is 7.99. The van der Waals surface area contributed by atoms with Gasteiger partial charge in [0.15, 0.2) is 5.16 Å². The van der Waals surface area contributed by atoms with Crippen molar-refractivity contribution in [2.45, 2.75) is 12.1 Å². The van der Waals surface area contributed by atoms with E-state index in [0.29, 0.717) is 16.0 Å². The van der Waals surface area contributed by atoms with E-state index < -0.39 is 0 Å². The normalized spacial score (nSPS) is 11.0. The van der Waals surface area contributed by atoms with Crippen molar-refractivity contribution < 1.29 is 4.79 Å². The van der Waals surface area contributed by atoms with Crippen LogP contribution in [-0.4, -0.2) is 31.4 Å². The summed E-state index contributed by atoms with van der Waals surface area (Å²) >= 11 is 7.28. The van der Waals surface area contributed by atoms with Crippen LogP contribution in [0.4, 0.5) is 5.82 Å². The third kappa shape index (κ3) is 3.26. The van der Waals surface area contributed by atoms with Gasteiger partial charge in [0.25, 0.3) is 0 Å². The van der Waals surface area contributed by atoms with Crippen LogP contribution in [-0.2, 0) is 11.8 Å². The molecular formula is C14H14ClN5OS. The molecule has 0 aliphatic heterocycles. The zero-order valence-electron chi connectivity index (χ0n) is 12.1. The minimum atomic E-state index is -0.105. The number of fused-ring (bicyclic) bond motifs is 1. The Balaban J connectivity index is 1.63. The molecular weight excluding hydrogens is 322 g/mol. The van der Waals surface area contributed by atoms with E-state index in [1.54, 1.807) is 17.8 Å². The molecule has 8 heteroatoms. The Kier molecular flexibility index (Phi) is 4.08. The van der Waals surface area contributed by atoms with Crippen LogP contribution in [0.25, 0.3) is 11.0 Å². The number of aromatic nitrogens is 4. The maximum atomic E-state index is 12.0. The number of imidazole rings is 1. The molecule has 0 radical (unpaired) electrons. The molecule has 3 rings (SSSR count). The first-order chi connectivity index (χ1) is 10.5. The molecule has 1 amide bonds. The molecule has 0 aliphatic rings. The van der Waals surface area contributed by atoms with Gasteiger partial charge in [0.05, 0.1) is 22.5 Å². The van der Waals surface area contributed by atoms with Crippen LogP contribution in [0.3, 0.4) is 0 Å². The molecule has 0 bridgehead atoms. The van der Waals surface area contributed by atoms with Gasteiger partial charge in [-0.05, 0) is 25.1 Å². The third-order valence-corrected chi connectivity index (χ3v) is 4.14. The summed E-state index contributed by atoms with van der Waals surface area (Å²) in [6.45, 7) is 1.88. The molecule has 6 nitrogen and oxygen atoms in total. The van der Waals surface area contributed by atoms with Crippen LogP contribution < -0.4 is 5.32 Å². The number of aryl methyl sites for hydroxylation is 2. The summed E-state index contributed by atoms with van der Waals surface area (Å²) in [5, 5.41) is 8.34. The first-order valence-electron chi connectivity index (χ1n) is 6.60. The fourth-order valence-corrected chi connectivity index (χ4v) is 2.92. The smallest absolute Gasteiger partial charge is 0.235 e. The average molecular weight is 336 g/mol. The van der Waals surface area contributed by atoms with Crippen LogP contribution >= 0.6 is 23.4 Å². The number of carbonyl (C=O) groups excluding carboxylic acids is 1. The Labute approximate surface area is 136 Å². The molecule has 0 saturated carbocycles. The maximum Gasteiger partial charge on any atom is 0.235 e. The van der Waals surface area contributed by atoms with Crippen molar-refractivity contribution in [2.24, 2.45) is 7.05 Å². The summed E-state index contributed by atoms with van der Waals surface area (Å²) in [7, 11) is 1.79. The lowest BCUT2D eigenvalue weighted by Gasteiger charge is -2.03. The van der Waals surface area contributed by atoms with Crippen molar-refractivity contribution in [1.29, 1.82) is 0 Å². The number of halogens is 1. The molecule has 0 spiro atoms. The number of H-pyrrole nitrogens is 1. The number of hydrogen-bond donors (Lipinski definition) is 2. The van der Waals surface area contributed by atoms with Crippen molar-refractivity contribution in [1.82, 2.24) is 19.7 Å². The van der Waals surface area contributed by atoms with E-state index in [0.717, 1.165) is 16.7 Å². The van der Waals surface area contributed by atoms with Crippen LogP contribution in [0.2, 0.25) is 5.02 Å². The minimum absolute atomic E-state index is 0.105. The van der Waals surface area contributed by atoms with Gasteiger partial charge < -0.3 is 10.3 Å². The van der Waals surface area contributed by atoms with Gasteiger partial charge in [0, 0.05) is 18.1 Å². The molecule has 0 atom stereocenters. The van der Waals surface area contributed by atoms with Crippen LogP contribution in [0, 0.1) is 6.92 Å². The highest BCUT2D eigenvalue weighted by Gasteiger charge is 2.10. The number of amides is 1. The van der Waals surface area contributed by atoms with Gasteiger partial charge in [-0.2, -0.15) is 5.10 Å². The quantitative estimate of drug-likeness (QED) is 0.719. The Hall–Kier alpha value is -1.99. The van der Waals surface area contributed by atoms with Crippen LogP contribution in [0.15, 0.2) is 29.4 Å². The highest BCUT2D eigenvalue weighted by Crippen LogP contribution is 2.22. The minimum Gasteiger partial charge on any atom is -0.333 e. The van der Waals surface area contributed by atoms with E-state index in [9.17, 15) is 4.79 Å². The number of rotatable bonds is 4. The summed E-state index contributed by atoms with van der Waals surface area (Å²) < 4.78 is 1.64. The second kappa shape index (κ2) is 6.02. The zero-order valence-corrected chi connectivity index (χ0v) is 13.6. The summed E-state index contributed by atoms with van der Waals surface area (Å²) in [6, 6.07) is 7.27. The largest absolute Gasteiger partial charge is 0.333 e. The second-order valence-corrected chi connectivity index (χ2v) is 6.24. The Morgan fingerprint density at radius 3 is 3.00 bits per heavy atom. The number of hydrogen-bond acceptors (Lipinski definition) is 4. The molecule has 0 unspecified atom stereocenters. The van der Waals surface area contributed by atoms with Crippen molar-refractivity contribution in [3.05, 3.63) is 35.0 Å². The monoisotopic (exact) mass is 335 g/mol. The lowest BCUT2D eigenvalue weighted by Crippen LogP contribution is -2.16. The van der Waals surface area contributed by atoms with E-state index in [2.05, 4.69) is 20.4 Å². The van der Waals surface area contributed by atoms with Crippen molar-refractivity contribution >= 4 is 46.1 Å². The Morgan fingerprint density at radius 1 is 1.45 bits per heavy atom. The molecule has 2 N–H and O–H groups in total. The molecule has 0 fully saturated rings. The molecule has 2 heterocycles. The number of thioether (sulfide) groups is 1. The molecule has 22 heavy (non-hydrogen) atoms. The van der Waals surface area contributed by atoms with E-state index >= 15 is 0 Å². The topological polar surface area (TPSA) is 75.6 Å². The van der Waals surface area contributed by atoms with Gasteiger partial charge in [-0.25, -0.2) is 4.98 Å². The van der Waals surface area contributed by atoms with Crippen molar-refractivity contribution in [3.63, 3.8) is 0 Å². The van der Waals surface area contributed by atoms with Crippen molar-refractivity contribution in [2.75, 3.05) is 11.1 Å². The fraction of sp³-hybridized carbons (Fsp3) is 0.214. The standard InChI is InChI=1S/C14H14ClN5OS/c1-8-5-12(20(2)19-8)18-13(21)7-22-14-16-10-4-3-9(15)6-11(10)17-14/h3-6H,7H2,1-2H3,(H,16,17)(H,18,21). The number of nitrogens with zero attached hydrogens (tertiary/aromatic N) is 3. The number of benzene rings is 1. The zero-order chi connectivity index (χ0) is 15.7. The van der Waals surface area contributed by atoms with Crippen LogP contribution in [0.5, 0.6) is 0 Å². The van der Waals surface area contributed by atoms with E-state index in [1.807, 2.05) is 25.1 Å². The van der Waals surface area contributed by atoms with Crippen molar-refractivity contribution in [3.8, 4) is 0 Å². The summed E-state index contributed by atoms with van der Waals surface area (Å²) in [5.74, 6) is 0.837. The van der Waals surface area contributed by atoms with Crippen LogP contribution in [0.1, 0.15) is 5.69 Å². The van der Waals surface area contributed by atoms with Gasteiger partial charge >= 0.3 is 0 Å². The second-order valence-electron chi connectivity index (χ2n) is 4.83. The Morgan fingerprint density at radius 2 is 2.27 bits per heavy atom. The van der Waals surface area contributed by atoms with Gasteiger partial charge in [-0.15, -0.1) is 0 Å². The molecule has 114 valence electrons. The summed E-state index contributed by atoms with van der Waals surface area (Å²) in [5.41, 5.74) is 2.55. The van der Waals surface area contributed by atoms with Gasteiger partial charge in [-0.3, -0.25) is 9.48 Å². The first kappa shape index (κ1) is 14.9. The molecule has 3 aromatic rings. The number of anilines is 1. The maximum absolute atomic E-state index is 12.0. The predicted molar refractivity (Wildman–Crippen MR) is 88.4 cm³/mol. The molecule has 1 aromatic carbocycles. The predicted octanol–water partition coefficient (Wildman–Crippen LogP) is 2.99. The molecule has 2 aromatic heterocycles. The fourth-order valence-electron chi connectivity index (χ4n) is 2.07. The Bertz CT molecular complexity index is 841. The van der Waals surface area contributed by atoms with E-state index in [-0.39, 0.29) is 11.7 Å². The number of nitrogens with one attached hydrogen (secondary N) is 2. The molecule has 0 saturated heterocycles. The number of aromatic amines is 1. The SMILES string of the molecule is Cc1cc(NC(=O)CSc2nc3ccc(Cl)cc3[nH]2)n(C)n1. The highest BCUT2D eigenvalue weighted by atomic mass is 35.5. The van der Waals surface area contributed by atoms with Gasteiger partial charge in [-0.1, -0.05) is 23.4 Å². The molecule has 0 aliphatic carbocycles. The number of carbonyl (C=O) groups is 1. The van der Waals surface area contributed by atoms with Gasteiger partial charge in [0.1, 0.15) is 5.82 Å².